The first-order valence-corrected chi connectivity index (χ1v) is 9.96. The van der Waals surface area contributed by atoms with E-state index in [2.05, 4.69) is 4.98 Å². The number of aromatic nitrogens is 1. The van der Waals surface area contributed by atoms with Crippen molar-refractivity contribution >= 4 is 44.2 Å². The molecule has 0 saturated heterocycles. The second-order valence-electron chi connectivity index (χ2n) is 6.52. The molecule has 8 heteroatoms. The number of methoxy groups -OCH3 is 1. The molecule has 0 aliphatic rings. The van der Waals surface area contributed by atoms with Crippen molar-refractivity contribution in [3.8, 4) is 5.75 Å². The number of carbonyl (C=O) groups is 1. The number of benzene rings is 2. The number of anilines is 1. The maximum atomic E-state index is 14.2. The molecule has 1 amide bonds. The van der Waals surface area contributed by atoms with Gasteiger partial charge in [0.15, 0.2) is 5.13 Å². The van der Waals surface area contributed by atoms with Crippen molar-refractivity contribution in [2.75, 3.05) is 39.2 Å². The summed E-state index contributed by atoms with van der Waals surface area (Å²) >= 11 is 7.61. The topological polar surface area (TPSA) is 45.7 Å². The number of nitrogens with zero attached hydrogens (tertiary/aromatic N) is 3. The van der Waals surface area contributed by atoms with Crippen LogP contribution in [0.15, 0.2) is 36.4 Å². The number of fused-ring (bicyclic) bond motifs is 1. The van der Waals surface area contributed by atoms with Crippen molar-refractivity contribution < 1.29 is 13.9 Å². The highest BCUT2D eigenvalue weighted by molar-refractivity contribution is 7.23. The van der Waals surface area contributed by atoms with E-state index in [1.165, 1.54) is 28.4 Å². The molecule has 0 unspecified atom stereocenters. The highest BCUT2D eigenvalue weighted by Gasteiger charge is 2.24. The van der Waals surface area contributed by atoms with Crippen molar-refractivity contribution in [3.05, 3.63) is 52.8 Å². The van der Waals surface area contributed by atoms with Gasteiger partial charge in [0.2, 0.25) is 0 Å². The van der Waals surface area contributed by atoms with Crippen molar-refractivity contribution in [2.45, 2.75) is 6.42 Å². The fourth-order valence-electron chi connectivity index (χ4n) is 2.83. The standard InChI is InChI=1S/C20H21ClFN3O2S/c1-24(2)11-6-12-25(19(26)13-7-4-5-8-15(13)22)20-23-17-16(27-3)10-9-14(21)18(17)28-20/h4-5,7-10H,6,11-12H2,1-3H3. The number of ether oxygens (including phenoxy) is 1. The van der Waals surface area contributed by atoms with Gasteiger partial charge in [0.1, 0.15) is 17.1 Å². The molecule has 0 aliphatic heterocycles. The van der Waals surface area contributed by atoms with Crippen LogP contribution in [-0.2, 0) is 0 Å². The van der Waals surface area contributed by atoms with E-state index in [1.54, 1.807) is 31.4 Å². The van der Waals surface area contributed by atoms with Gasteiger partial charge in [-0.1, -0.05) is 35.1 Å². The predicted octanol–water partition coefficient (Wildman–Crippen LogP) is 4.70. The normalized spacial score (nSPS) is 11.2. The van der Waals surface area contributed by atoms with Gasteiger partial charge in [-0.2, -0.15) is 0 Å². The minimum Gasteiger partial charge on any atom is -0.494 e. The summed E-state index contributed by atoms with van der Waals surface area (Å²) in [4.78, 5) is 21.3. The lowest BCUT2D eigenvalue weighted by Crippen LogP contribution is -2.34. The van der Waals surface area contributed by atoms with E-state index in [1.807, 2.05) is 19.0 Å². The van der Waals surface area contributed by atoms with Gasteiger partial charge < -0.3 is 9.64 Å². The molecule has 0 saturated carbocycles. The van der Waals surface area contributed by atoms with Gasteiger partial charge in [0, 0.05) is 6.54 Å². The third-order valence-corrected chi connectivity index (χ3v) is 5.77. The fourth-order valence-corrected chi connectivity index (χ4v) is 4.11. The fraction of sp³-hybridized carbons (Fsp3) is 0.300. The molecule has 3 aromatic rings. The van der Waals surface area contributed by atoms with Gasteiger partial charge in [-0.25, -0.2) is 9.37 Å². The maximum absolute atomic E-state index is 14.2. The third kappa shape index (κ3) is 4.27. The molecule has 0 bridgehead atoms. The first-order valence-electron chi connectivity index (χ1n) is 8.76. The summed E-state index contributed by atoms with van der Waals surface area (Å²) < 4.78 is 20.3. The Hall–Kier alpha value is -2.22. The molecule has 148 valence electrons. The number of carbonyl (C=O) groups excluding carboxylic acids is 1. The Kier molecular flexibility index (Phi) is 6.49. The van der Waals surface area contributed by atoms with Crippen LogP contribution < -0.4 is 9.64 Å². The second kappa shape index (κ2) is 8.86. The van der Waals surface area contributed by atoms with Crippen LogP contribution in [0.1, 0.15) is 16.8 Å². The Morgan fingerprint density at radius 2 is 1.96 bits per heavy atom. The van der Waals surface area contributed by atoms with Crippen molar-refractivity contribution in [1.82, 2.24) is 9.88 Å². The summed E-state index contributed by atoms with van der Waals surface area (Å²) in [5.74, 6) is -0.402. The van der Waals surface area contributed by atoms with Crippen LogP contribution in [0.3, 0.4) is 0 Å². The van der Waals surface area contributed by atoms with E-state index >= 15 is 0 Å². The molecule has 28 heavy (non-hydrogen) atoms. The molecular weight excluding hydrogens is 401 g/mol. The minimum absolute atomic E-state index is 0.0182. The Bertz CT molecular complexity index is 993. The molecule has 0 N–H and O–H groups in total. The first kappa shape index (κ1) is 20.5. The van der Waals surface area contributed by atoms with E-state index in [0.717, 1.165) is 11.2 Å². The zero-order chi connectivity index (χ0) is 20.3. The van der Waals surface area contributed by atoms with E-state index in [0.29, 0.717) is 34.4 Å². The molecule has 3 rings (SSSR count). The Labute approximate surface area is 172 Å². The summed E-state index contributed by atoms with van der Waals surface area (Å²) in [6, 6.07) is 9.45. The average Bonchev–Trinajstić information content (AvgIpc) is 3.11. The minimum atomic E-state index is -0.554. The number of hydrogen-bond acceptors (Lipinski definition) is 5. The summed E-state index contributed by atoms with van der Waals surface area (Å²) in [7, 11) is 5.48. The second-order valence-corrected chi connectivity index (χ2v) is 7.90. The zero-order valence-corrected chi connectivity index (χ0v) is 17.5. The Morgan fingerprint density at radius 3 is 2.64 bits per heavy atom. The van der Waals surface area contributed by atoms with Crippen molar-refractivity contribution in [3.63, 3.8) is 0 Å². The van der Waals surface area contributed by atoms with Crippen LogP contribution in [-0.4, -0.2) is 50.1 Å². The molecule has 0 atom stereocenters. The SMILES string of the molecule is COc1ccc(Cl)c2sc(N(CCCN(C)C)C(=O)c3ccccc3F)nc12. The van der Waals surface area contributed by atoms with Crippen LogP contribution in [0, 0.1) is 5.82 Å². The highest BCUT2D eigenvalue weighted by atomic mass is 35.5. The van der Waals surface area contributed by atoms with Crippen LogP contribution in [0.2, 0.25) is 5.02 Å². The molecule has 1 heterocycles. The van der Waals surface area contributed by atoms with Gasteiger partial charge in [-0.15, -0.1) is 0 Å². The maximum Gasteiger partial charge on any atom is 0.263 e. The molecule has 0 radical (unpaired) electrons. The highest BCUT2D eigenvalue weighted by Crippen LogP contribution is 2.39. The van der Waals surface area contributed by atoms with Crippen LogP contribution >= 0.6 is 22.9 Å². The van der Waals surface area contributed by atoms with Gasteiger partial charge in [0.25, 0.3) is 5.91 Å². The number of thiazole rings is 1. The molecule has 1 aromatic heterocycles. The summed E-state index contributed by atoms with van der Waals surface area (Å²) in [6.07, 6.45) is 0.716. The van der Waals surface area contributed by atoms with Gasteiger partial charge in [-0.3, -0.25) is 9.69 Å². The zero-order valence-electron chi connectivity index (χ0n) is 15.9. The monoisotopic (exact) mass is 421 g/mol. The lowest BCUT2D eigenvalue weighted by molar-refractivity contribution is 0.0982. The Morgan fingerprint density at radius 1 is 1.21 bits per heavy atom. The van der Waals surface area contributed by atoms with E-state index < -0.39 is 11.7 Å². The molecule has 5 nitrogen and oxygen atoms in total. The number of amides is 1. The van der Waals surface area contributed by atoms with Gasteiger partial charge >= 0.3 is 0 Å². The lowest BCUT2D eigenvalue weighted by Gasteiger charge is -2.21. The van der Waals surface area contributed by atoms with Crippen LogP contribution in [0.4, 0.5) is 9.52 Å². The van der Waals surface area contributed by atoms with Crippen molar-refractivity contribution in [2.24, 2.45) is 0 Å². The predicted molar refractivity (Wildman–Crippen MR) is 112 cm³/mol. The van der Waals surface area contributed by atoms with E-state index in [9.17, 15) is 9.18 Å². The molecule has 0 spiro atoms. The molecule has 2 aromatic carbocycles. The van der Waals surface area contributed by atoms with Crippen LogP contribution in [0.5, 0.6) is 5.75 Å². The summed E-state index contributed by atoms with van der Waals surface area (Å²) in [5.41, 5.74) is 0.610. The summed E-state index contributed by atoms with van der Waals surface area (Å²) in [6.45, 7) is 1.20. The van der Waals surface area contributed by atoms with Gasteiger partial charge in [0.05, 0.1) is 22.4 Å². The smallest absolute Gasteiger partial charge is 0.263 e. The summed E-state index contributed by atoms with van der Waals surface area (Å²) in [5, 5.41) is 1.000. The van der Waals surface area contributed by atoms with Gasteiger partial charge in [-0.05, 0) is 51.3 Å². The van der Waals surface area contributed by atoms with Crippen molar-refractivity contribution in [1.29, 1.82) is 0 Å². The quantitative estimate of drug-likeness (QED) is 0.555. The number of halogens is 2. The number of rotatable bonds is 7. The Balaban J connectivity index is 2.03. The largest absolute Gasteiger partial charge is 0.494 e. The average molecular weight is 422 g/mol. The molecular formula is C20H21ClFN3O2S. The van der Waals surface area contributed by atoms with E-state index in [4.69, 9.17) is 16.3 Å². The molecule has 0 aliphatic carbocycles. The third-order valence-electron chi connectivity index (χ3n) is 4.23. The lowest BCUT2D eigenvalue weighted by atomic mass is 10.2. The van der Waals surface area contributed by atoms with E-state index in [-0.39, 0.29) is 5.56 Å². The number of hydrogen-bond donors (Lipinski definition) is 0. The molecule has 0 fully saturated rings. The first-order chi connectivity index (χ1) is 13.4. The van der Waals surface area contributed by atoms with Crippen LogP contribution in [0.25, 0.3) is 10.2 Å².